The van der Waals surface area contributed by atoms with Gasteiger partial charge >= 0.3 is 0 Å². The maximum atomic E-state index is 11.9. The average molecular weight is 752 g/mol. The Labute approximate surface area is 270 Å². The van der Waals surface area contributed by atoms with Crippen molar-refractivity contribution in [3.05, 3.63) is 96.0 Å². The number of carbonyl (C=O) groups excluding carboxylic acids is 1. The Hall–Kier alpha value is -3.40. The molecule has 4 nitrogen and oxygen atoms in total. The molecule has 1 N–H and O–H groups in total. The standard InChI is InChI=1S/C24H17N2.C14H26O2.Ir/c1-15-9-16(2)11-20(10-15)23-21-8-7-19-12-17-5-3-4-6-18(17)13-22(19)24(21)26-14-25-23;1-7-13(4,5)11(15)10-12(16)14(6,8-2)9-3;/h3-10,12-14H,1-2H3;10,16H,7-9H2,1-6H3;/q-1;;/b;12-10-;. The summed E-state index contributed by atoms with van der Waals surface area (Å²) in [6.45, 7) is 16.0. The average Bonchev–Trinajstić information content (AvgIpc) is 2.98. The van der Waals surface area contributed by atoms with Crippen molar-refractivity contribution < 1.29 is 30.0 Å². The van der Waals surface area contributed by atoms with Crippen LogP contribution >= 0.6 is 0 Å². The largest absolute Gasteiger partial charge is 0.512 e. The monoisotopic (exact) mass is 752 g/mol. The molecule has 4 aromatic carbocycles. The minimum atomic E-state index is -0.379. The van der Waals surface area contributed by atoms with Crippen molar-refractivity contribution >= 4 is 38.2 Å². The van der Waals surface area contributed by atoms with Gasteiger partial charge in [-0.05, 0) is 58.6 Å². The molecule has 0 saturated carbocycles. The first-order valence-corrected chi connectivity index (χ1v) is 14.9. The number of fused-ring (bicyclic) bond motifs is 4. The Balaban J connectivity index is 0.000000261. The third-order valence-electron chi connectivity index (χ3n) is 8.89. The van der Waals surface area contributed by atoms with Crippen LogP contribution in [0, 0.1) is 30.7 Å². The van der Waals surface area contributed by atoms with Crippen LogP contribution in [0.3, 0.4) is 0 Å². The van der Waals surface area contributed by atoms with Gasteiger partial charge in [-0.1, -0.05) is 91.8 Å². The van der Waals surface area contributed by atoms with Gasteiger partial charge in [-0.2, -0.15) is 0 Å². The summed E-state index contributed by atoms with van der Waals surface area (Å²) in [5.74, 6) is 0.240. The summed E-state index contributed by atoms with van der Waals surface area (Å²) in [5.41, 5.74) is 4.65. The number of aromatic nitrogens is 2. The predicted molar refractivity (Wildman–Crippen MR) is 177 cm³/mol. The number of allylic oxidation sites excluding steroid dienone is 2. The van der Waals surface area contributed by atoms with Crippen LogP contribution in [0.25, 0.3) is 43.7 Å². The molecule has 1 heterocycles. The van der Waals surface area contributed by atoms with Gasteiger partial charge in [-0.3, -0.25) is 9.78 Å². The molecule has 1 aromatic heterocycles. The SMILES string of the molecule is CCC(C)(C)C(=O)/C=C(\O)C(C)(CC)CC.Cc1[c-]c(-c2ncnc3c2ccc2cc4ccccc4cc23)cc(C)c1.[Ir]. The fourth-order valence-corrected chi connectivity index (χ4v) is 5.06. The van der Waals surface area contributed by atoms with Crippen LogP contribution in [-0.2, 0) is 24.9 Å². The number of rotatable bonds is 7. The Bertz CT molecular complexity index is 1760. The summed E-state index contributed by atoms with van der Waals surface area (Å²) >= 11 is 0. The molecule has 0 spiro atoms. The number of hydrogen-bond donors (Lipinski definition) is 1. The van der Waals surface area contributed by atoms with E-state index in [0.29, 0.717) is 0 Å². The van der Waals surface area contributed by atoms with E-state index in [1.54, 1.807) is 6.33 Å². The molecule has 0 bridgehead atoms. The number of aryl methyl sites for hydroxylation is 2. The van der Waals surface area contributed by atoms with E-state index in [4.69, 9.17) is 0 Å². The second-order valence-corrected chi connectivity index (χ2v) is 12.3. The molecule has 0 saturated heterocycles. The molecule has 1 radical (unpaired) electrons. The maximum absolute atomic E-state index is 11.9. The zero-order valence-electron chi connectivity index (χ0n) is 26.6. The summed E-state index contributed by atoms with van der Waals surface area (Å²) in [7, 11) is 0. The van der Waals surface area contributed by atoms with Crippen LogP contribution in [-0.4, -0.2) is 20.9 Å². The van der Waals surface area contributed by atoms with Crippen molar-refractivity contribution in [2.45, 2.75) is 74.7 Å². The minimum Gasteiger partial charge on any atom is -0.512 e. The van der Waals surface area contributed by atoms with Crippen LogP contribution in [0.1, 0.15) is 71.9 Å². The molecule has 0 aliphatic heterocycles. The first kappa shape index (κ1) is 34.1. The zero-order chi connectivity index (χ0) is 30.7. The van der Waals surface area contributed by atoms with Crippen LogP contribution in [0.15, 0.2) is 78.8 Å². The van der Waals surface area contributed by atoms with E-state index < -0.39 is 0 Å². The van der Waals surface area contributed by atoms with Crippen molar-refractivity contribution in [2.75, 3.05) is 0 Å². The van der Waals surface area contributed by atoms with Gasteiger partial charge in [-0.15, -0.1) is 34.9 Å². The van der Waals surface area contributed by atoms with Crippen molar-refractivity contribution in [3.63, 3.8) is 0 Å². The summed E-state index contributed by atoms with van der Waals surface area (Å²) in [5, 5.41) is 15.9. The molecule has 0 aliphatic carbocycles. The molecule has 0 fully saturated rings. The predicted octanol–water partition coefficient (Wildman–Crippen LogP) is 10.3. The number of nitrogens with zero attached hydrogens (tertiary/aromatic N) is 2. The molecule has 5 aromatic rings. The Morgan fingerprint density at radius 1 is 0.837 bits per heavy atom. The van der Waals surface area contributed by atoms with E-state index >= 15 is 0 Å². The van der Waals surface area contributed by atoms with Crippen LogP contribution in [0.4, 0.5) is 0 Å². The van der Waals surface area contributed by atoms with Gasteiger partial charge in [0.15, 0.2) is 5.78 Å². The number of aliphatic hydroxyl groups excluding tert-OH is 1. The Kier molecular flexibility index (Phi) is 11.0. The first-order chi connectivity index (χ1) is 19.9. The number of benzene rings is 4. The number of aliphatic hydroxyl groups is 1. The number of ketones is 1. The summed E-state index contributed by atoms with van der Waals surface area (Å²) in [6.07, 6.45) is 5.55. The normalized spacial score (nSPS) is 12.1. The molecule has 43 heavy (non-hydrogen) atoms. The molecule has 0 aliphatic rings. The van der Waals surface area contributed by atoms with Gasteiger partial charge in [0.2, 0.25) is 0 Å². The second kappa shape index (κ2) is 13.9. The van der Waals surface area contributed by atoms with Crippen molar-refractivity contribution in [1.29, 1.82) is 0 Å². The van der Waals surface area contributed by atoms with E-state index in [1.165, 1.54) is 27.8 Å². The number of hydrogen-bond acceptors (Lipinski definition) is 4. The summed E-state index contributed by atoms with van der Waals surface area (Å²) in [6, 6.07) is 24.9. The molecule has 227 valence electrons. The van der Waals surface area contributed by atoms with Gasteiger partial charge in [0.05, 0.1) is 5.52 Å². The van der Waals surface area contributed by atoms with Gasteiger partial charge in [0.25, 0.3) is 0 Å². The summed E-state index contributed by atoms with van der Waals surface area (Å²) in [4.78, 5) is 21.2. The fraction of sp³-hybridized carbons (Fsp3) is 0.342. The smallest absolute Gasteiger partial charge is 0.164 e. The van der Waals surface area contributed by atoms with Crippen LogP contribution < -0.4 is 0 Å². The zero-order valence-corrected chi connectivity index (χ0v) is 29.0. The molecule has 0 unspecified atom stereocenters. The summed E-state index contributed by atoms with van der Waals surface area (Å²) < 4.78 is 0. The first-order valence-electron chi connectivity index (χ1n) is 14.9. The van der Waals surface area contributed by atoms with Crippen molar-refractivity contribution in [2.24, 2.45) is 10.8 Å². The fourth-order valence-electron chi connectivity index (χ4n) is 5.06. The molecule has 0 amide bonds. The van der Waals surface area contributed by atoms with E-state index in [1.807, 2.05) is 41.5 Å². The second-order valence-electron chi connectivity index (χ2n) is 12.3. The Morgan fingerprint density at radius 3 is 2.09 bits per heavy atom. The molecular weight excluding hydrogens is 709 g/mol. The van der Waals surface area contributed by atoms with Crippen molar-refractivity contribution in [1.82, 2.24) is 9.97 Å². The van der Waals surface area contributed by atoms with Gasteiger partial charge in [0.1, 0.15) is 12.1 Å². The molecule has 5 heteroatoms. The van der Waals surface area contributed by atoms with E-state index in [2.05, 4.69) is 90.5 Å². The third kappa shape index (κ3) is 7.40. The number of carbonyl (C=O) groups is 1. The van der Waals surface area contributed by atoms with Crippen molar-refractivity contribution in [3.8, 4) is 11.3 Å². The minimum absolute atomic E-state index is 0. The maximum Gasteiger partial charge on any atom is 0.164 e. The third-order valence-corrected chi connectivity index (χ3v) is 8.89. The van der Waals surface area contributed by atoms with Gasteiger partial charge < -0.3 is 5.11 Å². The van der Waals surface area contributed by atoms with E-state index in [0.717, 1.165) is 52.4 Å². The van der Waals surface area contributed by atoms with Crippen LogP contribution in [0.2, 0.25) is 0 Å². The quantitative estimate of drug-likeness (QED) is 0.0591. The van der Waals surface area contributed by atoms with E-state index in [9.17, 15) is 9.90 Å². The van der Waals surface area contributed by atoms with Crippen LogP contribution in [0.5, 0.6) is 0 Å². The van der Waals surface area contributed by atoms with E-state index in [-0.39, 0.29) is 42.5 Å². The Morgan fingerprint density at radius 2 is 1.49 bits per heavy atom. The molecular formula is C38H43IrN2O2-. The topological polar surface area (TPSA) is 63.1 Å². The van der Waals surface area contributed by atoms with Gasteiger partial charge in [0, 0.05) is 42.4 Å². The van der Waals surface area contributed by atoms with Gasteiger partial charge in [-0.25, -0.2) is 4.98 Å². The molecule has 0 atom stereocenters. The molecule has 5 rings (SSSR count).